The number of hydrogen-bond acceptors (Lipinski definition) is 5. The minimum Gasteiger partial charge on any atom is -0.456 e. The fraction of sp³-hybridized carbons (Fsp3) is 0.250. The molecule has 4 heterocycles. The quantitative estimate of drug-likeness (QED) is 0.472. The number of rotatable bonds is 4. The molecule has 1 N–H and O–H groups in total. The first kappa shape index (κ1) is 19.7. The molecular weight excluding hydrogens is 433 g/mol. The summed E-state index contributed by atoms with van der Waals surface area (Å²) < 4.78 is 31.0. The Kier molecular flexibility index (Phi) is 4.82. The molecule has 0 saturated carbocycles. The normalized spacial score (nSPS) is 22.4. The number of pyridine rings is 1. The average molecular weight is 452 g/mol. The number of H-pyrrole nitrogens is 1. The number of halogens is 2. The van der Waals surface area contributed by atoms with E-state index in [1.165, 1.54) is 12.1 Å². The second-order valence-electron chi connectivity index (χ2n) is 7.97. The van der Waals surface area contributed by atoms with E-state index < -0.39 is 0 Å². The van der Waals surface area contributed by atoms with Gasteiger partial charge in [0.1, 0.15) is 11.9 Å². The summed E-state index contributed by atoms with van der Waals surface area (Å²) in [6.45, 7) is 1.16. The Labute approximate surface area is 188 Å². The number of hydrogen-bond donors (Lipinski definition) is 1. The Hall–Kier alpha value is -3.00. The van der Waals surface area contributed by atoms with Crippen LogP contribution in [0.25, 0.3) is 33.5 Å². The number of aromatic nitrogens is 3. The first-order valence-electron chi connectivity index (χ1n) is 10.5. The molecule has 2 fully saturated rings. The molecule has 0 aliphatic carbocycles. The van der Waals surface area contributed by atoms with Crippen molar-refractivity contribution in [2.24, 2.45) is 0 Å². The summed E-state index contributed by atoms with van der Waals surface area (Å²) in [5, 5.41) is 0.495. The highest BCUT2D eigenvalue weighted by Gasteiger charge is 2.43. The summed E-state index contributed by atoms with van der Waals surface area (Å²) in [6.07, 6.45) is 0.725. The largest absolute Gasteiger partial charge is 0.456 e. The lowest BCUT2D eigenvalue weighted by molar-refractivity contribution is 0.0273. The number of nitrogens with zero attached hydrogens (tertiary/aromatic N) is 2. The van der Waals surface area contributed by atoms with Crippen LogP contribution in [0.15, 0.2) is 54.6 Å². The third-order valence-electron chi connectivity index (χ3n) is 5.90. The maximum absolute atomic E-state index is 13.5. The molecule has 0 amide bonds. The average Bonchev–Trinajstić information content (AvgIpc) is 3.50. The van der Waals surface area contributed by atoms with E-state index in [1.54, 1.807) is 12.1 Å². The van der Waals surface area contributed by atoms with Gasteiger partial charge in [-0.15, -0.1) is 0 Å². The SMILES string of the molecule is Fc1cccc(-c2ccc(-c3nc4nc(OC5CO[C@@H]6CCO[C@H]56)[nH]c4cc3Cl)cc2)c1. The number of imidazole rings is 1. The highest BCUT2D eigenvalue weighted by Crippen LogP contribution is 2.33. The van der Waals surface area contributed by atoms with E-state index in [4.69, 9.17) is 25.8 Å². The number of benzene rings is 2. The number of ether oxygens (including phenoxy) is 3. The van der Waals surface area contributed by atoms with Crippen LogP contribution in [0.4, 0.5) is 4.39 Å². The van der Waals surface area contributed by atoms with E-state index in [1.807, 2.05) is 30.3 Å². The number of fused-ring (bicyclic) bond motifs is 2. The minimum absolute atomic E-state index is 0.0630. The van der Waals surface area contributed by atoms with Gasteiger partial charge in [-0.2, -0.15) is 4.98 Å². The van der Waals surface area contributed by atoms with Crippen LogP contribution in [0, 0.1) is 5.82 Å². The van der Waals surface area contributed by atoms with Crippen molar-refractivity contribution in [2.75, 3.05) is 13.2 Å². The predicted octanol–water partition coefficient (Wildman–Crippen LogP) is 5.02. The van der Waals surface area contributed by atoms with Gasteiger partial charge in [0.05, 0.1) is 28.9 Å². The molecule has 2 aliphatic heterocycles. The van der Waals surface area contributed by atoms with E-state index in [0.29, 0.717) is 41.1 Å². The molecule has 3 atom stereocenters. The molecule has 4 aromatic rings. The van der Waals surface area contributed by atoms with Gasteiger partial charge in [0.2, 0.25) is 0 Å². The van der Waals surface area contributed by atoms with Crippen molar-refractivity contribution in [3.05, 3.63) is 65.4 Å². The van der Waals surface area contributed by atoms with Crippen molar-refractivity contribution in [3.8, 4) is 28.4 Å². The molecule has 0 spiro atoms. The molecule has 1 unspecified atom stereocenters. The molecular formula is C24H19ClFN3O3. The van der Waals surface area contributed by atoms with E-state index >= 15 is 0 Å². The lowest BCUT2D eigenvalue weighted by Crippen LogP contribution is -2.32. The second-order valence-corrected chi connectivity index (χ2v) is 8.38. The Balaban J connectivity index is 1.27. The summed E-state index contributed by atoms with van der Waals surface area (Å²) in [5.41, 5.74) is 4.38. The van der Waals surface area contributed by atoms with Crippen LogP contribution in [0.1, 0.15) is 6.42 Å². The first-order valence-corrected chi connectivity index (χ1v) is 10.8. The lowest BCUT2D eigenvalue weighted by Gasteiger charge is -2.15. The molecule has 6 rings (SSSR count). The zero-order valence-electron chi connectivity index (χ0n) is 16.9. The summed E-state index contributed by atoms with van der Waals surface area (Å²) >= 11 is 6.53. The predicted molar refractivity (Wildman–Crippen MR) is 118 cm³/mol. The van der Waals surface area contributed by atoms with E-state index in [9.17, 15) is 4.39 Å². The Morgan fingerprint density at radius 2 is 1.84 bits per heavy atom. The molecule has 2 aliphatic rings. The molecule has 0 radical (unpaired) electrons. The van der Waals surface area contributed by atoms with Crippen molar-refractivity contribution >= 4 is 22.8 Å². The molecule has 8 heteroatoms. The van der Waals surface area contributed by atoms with Crippen LogP contribution in [0.3, 0.4) is 0 Å². The highest BCUT2D eigenvalue weighted by atomic mass is 35.5. The van der Waals surface area contributed by atoms with Gasteiger partial charge in [-0.25, -0.2) is 9.37 Å². The molecule has 2 aromatic heterocycles. The maximum atomic E-state index is 13.5. The van der Waals surface area contributed by atoms with E-state index in [2.05, 4.69) is 15.0 Å². The monoisotopic (exact) mass is 451 g/mol. The van der Waals surface area contributed by atoms with Crippen LogP contribution in [-0.2, 0) is 9.47 Å². The summed E-state index contributed by atoms with van der Waals surface area (Å²) in [4.78, 5) is 12.3. The van der Waals surface area contributed by atoms with Crippen LogP contribution < -0.4 is 4.74 Å². The number of aromatic amines is 1. The lowest BCUT2D eigenvalue weighted by atomic mass is 10.0. The summed E-state index contributed by atoms with van der Waals surface area (Å²) in [7, 11) is 0. The number of nitrogens with one attached hydrogen (secondary N) is 1. The maximum Gasteiger partial charge on any atom is 0.296 e. The van der Waals surface area contributed by atoms with Gasteiger partial charge in [0.15, 0.2) is 11.8 Å². The summed E-state index contributed by atoms with van der Waals surface area (Å²) in [6, 6.07) is 16.3. The van der Waals surface area contributed by atoms with Crippen LogP contribution in [-0.4, -0.2) is 46.5 Å². The van der Waals surface area contributed by atoms with Crippen molar-refractivity contribution in [2.45, 2.75) is 24.7 Å². The third kappa shape index (κ3) is 3.52. The van der Waals surface area contributed by atoms with Gasteiger partial charge in [-0.3, -0.25) is 0 Å². The second kappa shape index (κ2) is 7.85. The van der Waals surface area contributed by atoms with Gasteiger partial charge in [0.25, 0.3) is 6.01 Å². The van der Waals surface area contributed by atoms with Crippen LogP contribution in [0.2, 0.25) is 5.02 Å². The fourth-order valence-electron chi connectivity index (χ4n) is 4.32. The fourth-order valence-corrected chi connectivity index (χ4v) is 4.58. The van der Waals surface area contributed by atoms with Crippen LogP contribution in [0.5, 0.6) is 6.01 Å². The van der Waals surface area contributed by atoms with Crippen molar-refractivity contribution < 1.29 is 18.6 Å². The van der Waals surface area contributed by atoms with Crippen molar-refractivity contribution in [3.63, 3.8) is 0 Å². The van der Waals surface area contributed by atoms with Gasteiger partial charge in [0, 0.05) is 12.2 Å². The zero-order chi connectivity index (χ0) is 21.7. The van der Waals surface area contributed by atoms with Gasteiger partial charge < -0.3 is 19.2 Å². The van der Waals surface area contributed by atoms with Gasteiger partial charge >= 0.3 is 0 Å². The Bertz CT molecular complexity index is 1290. The third-order valence-corrected chi connectivity index (χ3v) is 6.19. The highest BCUT2D eigenvalue weighted by molar-refractivity contribution is 6.33. The topological polar surface area (TPSA) is 69.3 Å². The van der Waals surface area contributed by atoms with Gasteiger partial charge in [-0.1, -0.05) is 48.0 Å². The zero-order valence-corrected chi connectivity index (χ0v) is 17.7. The summed E-state index contributed by atoms with van der Waals surface area (Å²) in [5.74, 6) is -0.266. The van der Waals surface area contributed by atoms with Crippen LogP contribution >= 0.6 is 11.6 Å². The van der Waals surface area contributed by atoms with Crippen molar-refractivity contribution in [1.82, 2.24) is 15.0 Å². The molecule has 2 saturated heterocycles. The molecule has 6 nitrogen and oxygen atoms in total. The minimum atomic E-state index is -0.266. The molecule has 2 aromatic carbocycles. The van der Waals surface area contributed by atoms with E-state index in [-0.39, 0.29) is 24.1 Å². The molecule has 32 heavy (non-hydrogen) atoms. The first-order chi connectivity index (χ1) is 15.6. The smallest absolute Gasteiger partial charge is 0.296 e. The Morgan fingerprint density at radius 3 is 2.69 bits per heavy atom. The molecule has 0 bridgehead atoms. The Morgan fingerprint density at radius 1 is 1.00 bits per heavy atom. The van der Waals surface area contributed by atoms with E-state index in [0.717, 1.165) is 23.1 Å². The standard InChI is InChI=1S/C24H19ClFN3O3/c25-17-11-18-23(29-24(27-18)32-20-12-31-19-8-9-30-22(19)20)28-21(17)14-6-4-13(5-7-14)15-2-1-3-16(26)10-15/h1-7,10-11,19-20,22H,8-9,12H2,(H,27,28,29)/t19-,20?,22+/m1/s1. The molecule has 162 valence electrons. The van der Waals surface area contributed by atoms with Gasteiger partial charge in [-0.05, 0) is 35.7 Å². The van der Waals surface area contributed by atoms with Crippen molar-refractivity contribution in [1.29, 1.82) is 0 Å².